The van der Waals surface area contributed by atoms with Gasteiger partial charge in [-0.2, -0.15) is 0 Å². The van der Waals surface area contributed by atoms with Gasteiger partial charge in [-0.25, -0.2) is 4.39 Å². The molecule has 27 heavy (non-hydrogen) atoms. The average molecular weight is 369 g/mol. The summed E-state index contributed by atoms with van der Waals surface area (Å²) in [6, 6.07) is 13.9. The van der Waals surface area contributed by atoms with Crippen LogP contribution in [-0.4, -0.2) is 35.8 Å². The van der Waals surface area contributed by atoms with E-state index in [9.17, 15) is 14.0 Å². The van der Waals surface area contributed by atoms with E-state index < -0.39 is 5.91 Å². The summed E-state index contributed by atoms with van der Waals surface area (Å²) in [6.45, 7) is 1.52. The molecule has 6 heteroatoms. The molecule has 0 saturated heterocycles. The first kappa shape index (κ1) is 19.0. The molecule has 2 aromatic rings. The minimum absolute atomic E-state index is 0.0160. The molecule has 5 nitrogen and oxygen atoms in total. The number of nitrogens with two attached hydrogens (primary N) is 1. The van der Waals surface area contributed by atoms with Crippen LogP contribution in [0.2, 0.25) is 0 Å². The van der Waals surface area contributed by atoms with Crippen LogP contribution in [0, 0.1) is 5.82 Å². The van der Waals surface area contributed by atoms with Crippen molar-refractivity contribution in [2.75, 3.05) is 13.1 Å². The second kappa shape index (κ2) is 8.77. The monoisotopic (exact) mass is 369 g/mol. The summed E-state index contributed by atoms with van der Waals surface area (Å²) >= 11 is 0. The molecular formula is C21H24FN3O2. The number of primary amides is 1. The molecular weight excluding hydrogens is 345 g/mol. The molecule has 0 unspecified atom stereocenters. The molecule has 1 aliphatic rings. The maximum atomic E-state index is 12.9. The summed E-state index contributed by atoms with van der Waals surface area (Å²) in [4.78, 5) is 25.6. The van der Waals surface area contributed by atoms with Crippen molar-refractivity contribution in [2.45, 2.75) is 31.8 Å². The van der Waals surface area contributed by atoms with Crippen LogP contribution < -0.4 is 11.1 Å². The van der Waals surface area contributed by atoms with Crippen LogP contribution in [0.15, 0.2) is 48.5 Å². The van der Waals surface area contributed by atoms with E-state index in [-0.39, 0.29) is 11.7 Å². The van der Waals surface area contributed by atoms with E-state index in [1.807, 2.05) is 12.1 Å². The van der Waals surface area contributed by atoms with Crippen LogP contribution in [0.4, 0.5) is 4.39 Å². The third-order valence-electron chi connectivity index (χ3n) is 4.68. The Morgan fingerprint density at radius 2 is 1.67 bits per heavy atom. The summed E-state index contributed by atoms with van der Waals surface area (Å²) in [7, 11) is 0. The van der Waals surface area contributed by atoms with Crippen molar-refractivity contribution in [2.24, 2.45) is 5.73 Å². The van der Waals surface area contributed by atoms with Gasteiger partial charge in [-0.3, -0.25) is 14.5 Å². The molecule has 1 fully saturated rings. The summed E-state index contributed by atoms with van der Waals surface area (Å²) in [5.74, 6) is -0.717. The molecule has 0 radical (unpaired) electrons. The summed E-state index contributed by atoms with van der Waals surface area (Å²) < 4.78 is 12.9. The van der Waals surface area contributed by atoms with Crippen LogP contribution >= 0.6 is 0 Å². The lowest BCUT2D eigenvalue weighted by Gasteiger charge is -2.21. The number of halogens is 1. The van der Waals surface area contributed by atoms with Crippen molar-refractivity contribution >= 4 is 11.8 Å². The van der Waals surface area contributed by atoms with Crippen LogP contribution in [0.5, 0.6) is 0 Å². The van der Waals surface area contributed by atoms with Crippen LogP contribution in [-0.2, 0) is 17.8 Å². The number of amides is 2. The van der Waals surface area contributed by atoms with Gasteiger partial charge in [0.25, 0.3) is 0 Å². The van der Waals surface area contributed by atoms with E-state index in [0.29, 0.717) is 37.7 Å². The first-order chi connectivity index (χ1) is 13.0. The molecule has 0 spiro atoms. The predicted octanol–water partition coefficient (Wildman–Crippen LogP) is 2.25. The van der Waals surface area contributed by atoms with Gasteiger partial charge in [0.1, 0.15) is 5.82 Å². The largest absolute Gasteiger partial charge is 0.366 e. The van der Waals surface area contributed by atoms with Crippen LogP contribution in [0.25, 0.3) is 0 Å². The highest BCUT2D eigenvalue weighted by atomic mass is 19.1. The molecule has 2 amide bonds. The Morgan fingerprint density at radius 3 is 2.26 bits per heavy atom. The number of carbonyl (C=O) groups excluding carboxylic acids is 2. The van der Waals surface area contributed by atoms with Gasteiger partial charge < -0.3 is 11.1 Å². The predicted molar refractivity (Wildman–Crippen MR) is 102 cm³/mol. The minimum atomic E-state index is -0.443. The topological polar surface area (TPSA) is 75.4 Å². The quantitative estimate of drug-likeness (QED) is 0.712. The van der Waals surface area contributed by atoms with Gasteiger partial charge in [-0.15, -0.1) is 0 Å². The van der Waals surface area contributed by atoms with Crippen molar-refractivity contribution in [1.29, 1.82) is 0 Å². The average Bonchev–Trinajstić information content (AvgIpc) is 3.48. The SMILES string of the molecule is NC(=O)c1ccc(CN(CC(=O)NCCc2ccc(F)cc2)C2CC2)cc1. The van der Waals surface area contributed by atoms with Crippen molar-refractivity contribution in [1.82, 2.24) is 10.2 Å². The first-order valence-corrected chi connectivity index (χ1v) is 9.15. The molecule has 3 rings (SSSR count). The van der Waals surface area contributed by atoms with E-state index in [4.69, 9.17) is 5.73 Å². The highest BCUT2D eigenvalue weighted by Crippen LogP contribution is 2.28. The number of nitrogens with one attached hydrogen (secondary N) is 1. The van der Waals surface area contributed by atoms with E-state index in [0.717, 1.165) is 24.0 Å². The van der Waals surface area contributed by atoms with E-state index in [2.05, 4.69) is 10.2 Å². The van der Waals surface area contributed by atoms with E-state index in [1.165, 1.54) is 12.1 Å². The lowest BCUT2D eigenvalue weighted by atomic mass is 10.1. The van der Waals surface area contributed by atoms with Crippen molar-refractivity contribution in [3.8, 4) is 0 Å². The Hall–Kier alpha value is -2.73. The third kappa shape index (κ3) is 5.89. The molecule has 0 aromatic heterocycles. The summed E-state index contributed by atoms with van der Waals surface area (Å²) in [5.41, 5.74) is 7.78. The molecule has 2 aromatic carbocycles. The Bertz CT molecular complexity index is 786. The van der Waals surface area contributed by atoms with E-state index >= 15 is 0 Å². The molecule has 142 valence electrons. The summed E-state index contributed by atoms with van der Waals surface area (Å²) in [6.07, 6.45) is 2.87. The highest BCUT2D eigenvalue weighted by Gasteiger charge is 2.30. The zero-order valence-electron chi connectivity index (χ0n) is 15.2. The van der Waals surface area contributed by atoms with Gasteiger partial charge >= 0.3 is 0 Å². The molecule has 0 heterocycles. The van der Waals surface area contributed by atoms with Gasteiger partial charge in [-0.1, -0.05) is 24.3 Å². The fourth-order valence-corrected chi connectivity index (χ4v) is 3.00. The number of carbonyl (C=O) groups is 2. The molecule has 3 N–H and O–H groups in total. The van der Waals surface area contributed by atoms with Crippen LogP contribution in [0.3, 0.4) is 0 Å². The molecule has 1 saturated carbocycles. The number of nitrogens with zero attached hydrogens (tertiary/aromatic N) is 1. The Labute approximate surface area is 158 Å². The second-order valence-electron chi connectivity index (χ2n) is 6.92. The molecule has 0 atom stereocenters. The zero-order chi connectivity index (χ0) is 19.2. The summed E-state index contributed by atoms with van der Waals surface area (Å²) in [5, 5.41) is 2.93. The highest BCUT2D eigenvalue weighted by molar-refractivity contribution is 5.92. The standard InChI is InChI=1S/C21H24FN3O2/c22-18-7-3-15(4-8-18)11-12-24-20(26)14-25(19-9-10-19)13-16-1-5-17(6-2-16)21(23)27/h1-8,19H,9-14H2,(H2,23,27)(H,24,26). The number of hydrogen-bond donors (Lipinski definition) is 2. The van der Waals surface area contributed by atoms with E-state index in [1.54, 1.807) is 24.3 Å². The third-order valence-corrected chi connectivity index (χ3v) is 4.68. The number of rotatable bonds is 9. The fourth-order valence-electron chi connectivity index (χ4n) is 3.00. The number of hydrogen-bond acceptors (Lipinski definition) is 3. The van der Waals surface area contributed by atoms with Gasteiger partial charge in [0.05, 0.1) is 6.54 Å². The van der Waals surface area contributed by atoms with Crippen molar-refractivity contribution in [3.05, 3.63) is 71.0 Å². The lowest BCUT2D eigenvalue weighted by molar-refractivity contribution is -0.122. The minimum Gasteiger partial charge on any atom is -0.366 e. The first-order valence-electron chi connectivity index (χ1n) is 9.15. The second-order valence-corrected chi connectivity index (χ2v) is 6.92. The van der Waals surface area contributed by atoms with Crippen molar-refractivity contribution < 1.29 is 14.0 Å². The Kier molecular flexibility index (Phi) is 6.19. The van der Waals surface area contributed by atoms with Gasteiger partial charge in [-0.05, 0) is 54.7 Å². The maximum Gasteiger partial charge on any atom is 0.248 e. The molecule has 0 aliphatic heterocycles. The zero-order valence-corrected chi connectivity index (χ0v) is 15.2. The number of benzene rings is 2. The van der Waals surface area contributed by atoms with Gasteiger partial charge in [0.2, 0.25) is 11.8 Å². The fraction of sp³-hybridized carbons (Fsp3) is 0.333. The van der Waals surface area contributed by atoms with Crippen LogP contribution in [0.1, 0.15) is 34.3 Å². The Balaban J connectivity index is 1.48. The van der Waals surface area contributed by atoms with Crippen molar-refractivity contribution in [3.63, 3.8) is 0 Å². The van der Waals surface area contributed by atoms with Gasteiger partial charge in [0.15, 0.2) is 0 Å². The Morgan fingerprint density at radius 1 is 1.04 bits per heavy atom. The van der Waals surface area contributed by atoms with Gasteiger partial charge in [0, 0.05) is 24.7 Å². The maximum absolute atomic E-state index is 12.9. The lowest BCUT2D eigenvalue weighted by Crippen LogP contribution is -2.38. The molecule has 1 aliphatic carbocycles. The molecule has 0 bridgehead atoms. The smallest absolute Gasteiger partial charge is 0.248 e. The normalized spacial score (nSPS) is 13.6.